The second-order valence-electron chi connectivity index (χ2n) is 13.0. The molecule has 7 nitrogen and oxygen atoms in total. The Labute approximate surface area is 312 Å². The number of nitrogens with one attached hydrogen (secondary N) is 2. The molecule has 266 valence electrons. The van der Waals surface area contributed by atoms with Crippen LogP contribution in [0.3, 0.4) is 0 Å². The lowest BCUT2D eigenvalue weighted by atomic mass is 9.77. The summed E-state index contributed by atoms with van der Waals surface area (Å²) in [5.41, 5.74) is 1.75. The predicted molar refractivity (Wildman–Crippen MR) is 202 cm³/mol. The highest BCUT2D eigenvalue weighted by Crippen LogP contribution is 2.44. The summed E-state index contributed by atoms with van der Waals surface area (Å²) in [6.07, 6.45) is 3.77. The minimum Gasteiger partial charge on any atom is -0.365 e. The van der Waals surface area contributed by atoms with Gasteiger partial charge in [-0.25, -0.2) is 27.8 Å². The van der Waals surface area contributed by atoms with Gasteiger partial charge in [-0.05, 0) is 59.9 Å². The van der Waals surface area contributed by atoms with Gasteiger partial charge in [-0.3, -0.25) is 4.79 Å². The zero-order valence-corrected chi connectivity index (χ0v) is 29.7. The van der Waals surface area contributed by atoms with Gasteiger partial charge in [-0.15, -0.1) is 11.3 Å². The molecule has 4 aromatic heterocycles. The highest BCUT2D eigenvalue weighted by molar-refractivity contribution is 7.14. The maximum Gasteiger partial charge on any atom is 0.253 e. The lowest BCUT2D eigenvalue weighted by Crippen LogP contribution is -2.42. The number of carbonyl (C=O) groups is 1. The lowest BCUT2D eigenvalue weighted by molar-refractivity contribution is 0.0927. The van der Waals surface area contributed by atoms with E-state index >= 15 is 13.2 Å². The quantitative estimate of drug-likeness (QED) is 0.144. The zero-order valence-electron chi connectivity index (χ0n) is 28.1. The van der Waals surface area contributed by atoms with Crippen LogP contribution in [-0.2, 0) is 5.54 Å². The molecule has 8 rings (SSSR count). The molecule has 1 aliphatic carbocycles. The topological polar surface area (TPSA) is 84.7 Å². The summed E-state index contributed by atoms with van der Waals surface area (Å²) in [7, 11) is 0. The van der Waals surface area contributed by atoms with E-state index in [0.717, 1.165) is 41.8 Å². The first-order chi connectivity index (χ1) is 25.8. The molecule has 1 aliphatic rings. The summed E-state index contributed by atoms with van der Waals surface area (Å²) in [5, 5.41) is 13.2. The van der Waals surface area contributed by atoms with Crippen LogP contribution in [0.25, 0.3) is 22.4 Å². The molecule has 7 aromatic rings. The minimum atomic E-state index is -1.16. The highest BCUT2D eigenvalue weighted by atomic mass is 35.5. The molecule has 53 heavy (non-hydrogen) atoms. The van der Waals surface area contributed by atoms with E-state index in [4.69, 9.17) is 16.7 Å². The van der Waals surface area contributed by atoms with Crippen LogP contribution in [0.15, 0.2) is 121 Å². The molecule has 0 bridgehead atoms. The largest absolute Gasteiger partial charge is 0.365 e. The molecule has 1 fully saturated rings. The maximum atomic E-state index is 16.0. The number of carbonyl (C=O) groups excluding carboxylic acids is 1. The van der Waals surface area contributed by atoms with Crippen molar-refractivity contribution in [2.75, 3.05) is 5.32 Å². The molecular formula is C41H32ClF3N6OS. The summed E-state index contributed by atoms with van der Waals surface area (Å²) in [4.78, 5) is 21.9. The molecule has 2 unspecified atom stereocenters. The van der Waals surface area contributed by atoms with Gasteiger partial charge in [0.05, 0.1) is 17.1 Å². The molecule has 12 heteroatoms. The van der Waals surface area contributed by atoms with Crippen molar-refractivity contribution in [3.05, 3.63) is 165 Å². The summed E-state index contributed by atoms with van der Waals surface area (Å²) >= 11 is 7.46. The second kappa shape index (κ2) is 14.5. The lowest BCUT2D eigenvalue weighted by Gasteiger charge is -2.36. The van der Waals surface area contributed by atoms with Crippen LogP contribution < -0.4 is 10.6 Å². The fourth-order valence-electron chi connectivity index (χ4n) is 7.39. The van der Waals surface area contributed by atoms with Gasteiger partial charge < -0.3 is 10.6 Å². The maximum absolute atomic E-state index is 16.0. The van der Waals surface area contributed by atoms with Gasteiger partial charge >= 0.3 is 0 Å². The van der Waals surface area contributed by atoms with E-state index in [1.807, 2.05) is 91.0 Å². The third kappa shape index (κ3) is 6.44. The Bertz CT molecular complexity index is 2310. The molecular weight excluding hydrogens is 717 g/mol. The van der Waals surface area contributed by atoms with Crippen LogP contribution >= 0.6 is 22.9 Å². The number of nitrogens with zero attached hydrogens (tertiary/aromatic N) is 4. The second-order valence-corrected chi connectivity index (χ2v) is 14.5. The molecule has 0 aliphatic heterocycles. The molecule has 2 atom stereocenters. The van der Waals surface area contributed by atoms with Crippen LogP contribution in [0.1, 0.15) is 52.7 Å². The van der Waals surface area contributed by atoms with E-state index in [2.05, 4.69) is 20.6 Å². The standard InChI is InChI=1S/C41H32ClF3N6OS/c42-37-31(19-20-53-37)40(52)48-30-18-10-17-29(22-30)47-38-34(45)23-33(44)36(49-38)35-32-21-28(43)24-46-39(32)51(50-35)41(25-11-4-1-5-12-25,26-13-6-2-7-14-26)27-15-8-3-9-16-27/h1-9,11-16,19-21,23-24,29-30H,10,17-18,22H2,(H,47,49)(H,48,52). The number of pyridine rings is 2. The number of rotatable bonds is 9. The number of thiophene rings is 1. The number of hydrogen-bond acceptors (Lipinski definition) is 6. The Hall–Kier alpha value is -5.52. The Balaban J connectivity index is 1.24. The molecule has 0 spiro atoms. The molecule has 1 saturated carbocycles. The molecule has 0 radical (unpaired) electrons. The number of amides is 1. The van der Waals surface area contributed by atoms with E-state index in [-0.39, 0.29) is 46.2 Å². The fourth-order valence-corrected chi connectivity index (χ4v) is 8.30. The third-order valence-electron chi connectivity index (χ3n) is 9.75. The van der Waals surface area contributed by atoms with Gasteiger partial charge in [0.15, 0.2) is 23.1 Å². The number of halogens is 4. The first-order valence-corrected chi connectivity index (χ1v) is 18.5. The number of hydrogen-bond donors (Lipinski definition) is 2. The van der Waals surface area contributed by atoms with Gasteiger partial charge in [0, 0.05) is 18.2 Å². The first-order valence-electron chi connectivity index (χ1n) is 17.2. The van der Waals surface area contributed by atoms with Gasteiger partial charge in [0.1, 0.15) is 27.1 Å². The number of aromatic nitrogens is 4. The van der Waals surface area contributed by atoms with Crippen molar-refractivity contribution in [2.45, 2.75) is 43.3 Å². The van der Waals surface area contributed by atoms with Gasteiger partial charge in [0.2, 0.25) is 0 Å². The van der Waals surface area contributed by atoms with Crippen molar-refractivity contribution in [2.24, 2.45) is 0 Å². The van der Waals surface area contributed by atoms with Crippen molar-refractivity contribution in [3.63, 3.8) is 0 Å². The Kier molecular flexibility index (Phi) is 9.44. The summed E-state index contributed by atoms with van der Waals surface area (Å²) in [6.45, 7) is 0. The van der Waals surface area contributed by atoms with Gasteiger partial charge in [-0.1, -0.05) is 103 Å². The molecule has 3 aromatic carbocycles. The van der Waals surface area contributed by atoms with Crippen LogP contribution in [0, 0.1) is 17.5 Å². The van der Waals surface area contributed by atoms with Crippen molar-refractivity contribution >= 4 is 45.7 Å². The van der Waals surface area contributed by atoms with E-state index < -0.39 is 23.0 Å². The SMILES string of the molecule is O=C(NC1CCCC(Nc2nc(-c3nn(C(c4ccccc4)(c4ccccc4)c4ccccc4)c4ncc(F)cc34)c(F)cc2F)C1)c1ccsc1Cl. The average Bonchev–Trinajstić information content (AvgIpc) is 3.78. The van der Waals surface area contributed by atoms with Crippen LogP contribution in [0.2, 0.25) is 4.34 Å². The highest BCUT2D eigenvalue weighted by Gasteiger charge is 2.42. The first kappa shape index (κ1) is 34.6. The summed E-state index contributed by atoms with van der Waals surface area (Å²) < 4.78 is 48.7. The summed E-state index contributed by atoms with van der Waals surface area (Å²) in [6, 6.07) is 32.4. The van der Waals surface area contributed by atoms with Crippen molar-refractivity contribution in [1.29, 1.82) is 0 Å². The molecule has 2 N–H and O–H groups in total. The van der Waals surface area contributed by atoms with Crippen LogP contribution in [-0.4, -0.2) is 37.7 Å². The normalized spacial score (nSPS) is 16.1. The Morgan fingerprint density at radius 1 is 0.811 bits per heavy atom. The van der Waals surface area contributed by atoms with Crippen molar-refractivity contribution in [1.82, 2.24) is 25.1 Å². The monoisotopic (exact) mass is 748 g/mol. The van der Waals surface area contributed by atoms with E-state index in [9.17, 15) is 4.79 Å². The molecule has 1 amide bonds. The zero-order chi connectivity index (χ0) is 36.5. The molecule has 4 heterocycles. The van der Waals surface area contributed by atoms with E-state index in [0.29, 0.717) is 22.7 Å². The fraction of sp³-hybridized carbons (Fsp3) is 0.171. The van der Waals surface area contributed by atoms with Crippen LogP contribution in [0.5, 0.6) is 0 Å². The number of fused-ring (bicyclic) bond motifs is 1. The van der Waals surface area contributed by atoms with Gasteiger partial charge in [0.25, 0.3) is 5.91 Å². The average molecular weight is 749 g/mol. The smallest absolute Gasteiger partial charge is 0.253 e. The Morgan fingerprint density at radius 3 is 2.04 bits per heavy atom. The van der Waals surface area contributed by atoms with E-state index in [1.165, 1.54) is 17.4 Å². The number of benzene rings is 3. The minimum absolute atomic E-state index is 0.00106. The summed E-state index contributed by atoms with van der Waals surface area (Å²) in [5.74, 6) is -2.94. The van der Waals surface area contributed by atoms with Crippen LogP contribution in [0.4, 0.5) is 19.0 Å². The predicted octanol–water partition coefficient (Wildman–Crippen LogP) is 9.62. The van der Waals surface area contributed by atoms with E-state index in [1.54, 1.807) is 16.1 Å². The van der Waals surface area contributed by atoms with Crippen molar-refractivity contribution < 1.29 is 18.0 Å². The third-order valence-corrected chi connectivity index (χ3v) is 10.9. The Morgan fingerprint density at radius 2 is 1.43 bits per heavy atom. The van der Waals surface area contributed by atoms with Crippen molar-refractivity contribution in [3.8, 4) is 11.4 Å². The van der Waals surface area contributed by atoms with Gasteiger partial charge in [-0.2, -0.15) is 5.10 Å². The molecule has 0 saturated heterocycles. The number of anilines is 1.